The van der Waals surface area contributed by atoms with Crippen molar-refractivity contribution in [2.24, 2.45) is 11.8 Å². The summed E-state index contributed by atoms with van der Waals surface area (Å²) in [5, 5.41) is 3.49. The minimum atomic E-state index is 0.788. The van der Waals surface area contributed by atoms with Crippen LogP contribution in [0.25, 0.3) is 5.69 Å². The van der Waals surface area contributed by atoms with Crippen molar-refractivity contribution in [2.75, 3.05) is 31.1 Å². The number of nitrogens with one attached hydrogen (secondary N) is 1. The van der Waals surface area contributed by atoms with E-state index in [0.717, 1.165) is 49.7 Å². The standard InChI is InChI=1S/C16H20N4/c1-12-9-20(15-5-3-2-4-6-15)16(18-12)19-10-13-7-17-8-14(13)11-19/h2-6,9,13-14,17H,7-8,10-11H2,1H3. The van der Waals surface area contributed by atoms with Crippen LogP contribution in [-0.2, 0) is 0 Å². The summed E-state index contributed by atoms with van der Waals surface area (Å²) in [7, 11) is 0. The van der Waals surface area contributed by atoms with E-state index in [2.05, 4.69) is 58.2 Å². The van der Waals surface area contributed by atoms with Crippen LogP contribution >= 0.6 is 0 Å². The highest BCUT2D eigenvalue weighted by Crippen LogP contribution is 2.31. The van der Waals surface area contributed by atoms with E-state index in [1.165, 1.54) is 5.69 Å². The molecule has 0 saturated carbocycles. The van der Waals surface area contributed by atoms with E-state index in [9.17, 15) is 0 Å². The molecule has 0 bridgehead atoms. The van der Waals surface area contributed by atoms with Gasteiger partial charge in [-0.15, -0.1) is 0 Å². The first kappa shape index (κ1) is 12.0. The molecule has 3 heterocycles. The van der Waals surface area contributed by atoms with Gasteiger partial charge in [0.05, 0.1) is 5.69 Å². The van der Waals surface area contributed by atoms with Crippen molar-refractivity contribution in [1.82, 2.24) is 14.9 Å². The van der Waals surface area contributed by atoms with Crippen molar-refractivity contribution < 1.29 is 0 Å². The maximum Gasteiger partial charge on any atom is 0.210 e. The van der Waals surface area contributed by atoms with Crippen molar-refractivity contribution in [2.45, 2.75) is 6.92 Å². The molecule has 1 aromatic heterocycles. The summed E-state index contributed by atoms with van der Waals surface area (Å²) in [4.78, 5) is 7.22. The van der Waals surface area contributed by atoms with Gasteiger partial charge in [-0.3, -0.25) is 4.57 Å². The van der Waals surface area contributed by atoms with Crippen molar-refractivity contribution >= 4 is 5.95 Å². The monoisotopic (exact) mass is 268 g/mol. The Labute approximate surface area is 119 Å². The molecule has 2 aliphatic heterocycles. The van der Waals surface area contributed by atoms with E-state index in [4.69, 9.17) is 4.98 Å². The van der Waals surface area contributed by atoms with Gasteiger partial charge < -0.3 is 10.2 Å². The second-order valence-electron chi connectivity index (χ2n) is 5.97. The van der Waals surface area contributed by atoms with Crippen LogP contribution in [0.15, 0.2) is 36.5 Å². The van der Waals surface area contributed by atoms with Crippen molar-refractivity contribution in [3.63, 3.8) is 0 Å². The Morgan fingerprint density at radius 1 is 1.10 bits per heavy atom. The topological polar surface area (TPSA) is 33.1 Å². The van der Waals surface area contributed by atoms with Gasteiger partial charge in [-0.05, 0) is 30.9 Å². The maximum atomic E-state index is 4.76. The highest BCUT2D eigenvalue weighted by Gasteiger charge is 2.37. The predicted octanol–water partition coefficient (Wildman–Crippen LogP) is 1.84. The molecule has 2 atom stereocenters. The average Bonchev–Trinajstić information content (AvgIpc) is 3.12. The molecule has 0 spiro atoms. The zero-order valence-corrected chi connectivity index (χ0v) is 11.8. The lowest BCUT2D eigenvalue weighted by Gasteiger charge is -2.20. The molecule has 2 aromatic rings. The van der Waals surface area contributed by atoms with Gasteiger partial charge in [0, 0.05) is 38.1 Å². The van der Waals surface area contributed by atoms with Crippen LogP contribution in [0, 0.1) is 18.8 Å². The van der Waals surface area contributed by atoms with Gasteiger partial charge in [-0.25, -0.2) is 4.98 Å². The fourth-order valence-corrected chi connectivity index (χ4v) is 3.51. The average molecular weight is 268 g/mol. The Hall–Kier alpha value is -1.81. The minimum absolute atomic E-state index is 0.788. The molecule has 20 heavy (non-hydrogen) atoms. The fraction of sp³-hybridized carbons (Fsp3) is 0.438. The predicted molar refractivity (Wildman–Crippen MR) is 80.4 cm³/mol. The molecule has 4 rings (SSSR count). The van der Waals surface area contributed by atoms with Crippen LogP contribution in [0.4, 0.5) is 5.95 Å². The lowest BCUT2D eigenvalue weighted by Crippen LogP contribution is -2.27. The third kappa shape index (κ3) is 1.91. The highest BCUT2D eigenvalue weighted by molar-refractivity contribution is 5.46. The van der Waals surface area contributed by atoms with Gasteiger partial charge >= 0.3 is 0 Å². The molecule has 2 saturated heterocycles. The first-order chi connectivity index (χ1) is 9.81. The van der Waals surface area contributed by atoms with E-state index < -0.39 is 0 Å². The first-order valence-electron chi connectivity index (χ1n) is 7.38. The van der Waals surface area contributed by atoms with Crippen LogP contribution < -0.4 is 10.2 Å². The molecule has 0 aliphatic carbocycles. The van der Waals surface area contributed by atoms with Crippen LogP contribution in [0.1, 0.15) is 5.69 Å². The molecule has 4 heteroatoms. The van der Waals surface area contributed by atoms with Crippen molar-refractivity contribution in [3.8, 4) is 5.69 Å². The van der Waals surface area contributed by atoms with E-state index in [0.29, 0.717) is 0 Å². The summed E-state index contributed by atoms with van der Waals surface area (Å²) in [6.45, 7) is 6.64. The molecule has 2 unspecified atom stereocenters. The molecule has 4 nitrogen and oxygen atoms in total. The summed E-state index contributed by atoms with van der Waals surface area (Å²) < 4.78 is 2.23. The summed E-state index contributed by atoms with van der Waals surface area (Å²) in [5.41, 5.74) is 2.28. The van der Waals surface area contributed by atoms with Gasteiger partial charge in [0.15, 0.2) is 0 Å². The van der Waals surface area contributed by atoms with E-state index >= 15 is 0 Å². The first-order valence-corrected chi connectivity index (χ1v) is 7.38. The smallest absolute Gasteiger partial charge is 0.210 e. The van der Waals surface area contributed by atoms with Crippen LogP contribution in [0.5, 0.6) is 0 Å². The molecule has 2 aliphatic rings. The van der Waals surface area contributed by atoms with E-state index in [1.54, 1.807) is 0 Å². The number of nitrogens with zero attached hydrogens (tertiary/aromatic N) is 3. The number of anilines is 1. The fourth-order valence-electron chi connectivity index (χ4n) is 3.51. The highest BCUT2D eigenvalue weighted by atomic mass is 15.3. The summed E-state index contributed by atoms with van der Waals surface area (Å²) in [6.07, 6.45) is 2.14. The Bertz CT molecular complexity index is 592. The number of hydrogen-bond acceptors (Lipinski definition) is 3. The summed E-state index contributed by atoms with van der Waals surface area (Å²) >= 11 is 0. The number of rotatable bonds is 2. The third-order valence-corrected chi connectivity index (χ3v) is 4.51. The summed E-state index contributed by atoms with van der Waals surface area (Å²) in [5.74, 6) is 2.68. The van der Waals surface area contributed by atoms with Crippen molar-refractivity contribution in [3.05, 3.63) is 42.2 Å². The van der Waals surface area contributed by atoms with Crippen LogP contribution in [0.3, 0.4) is 0 Å². The number of benzene rings is 1. The SMILES string of the molecule is Cc1cn(-c2ccccc2)c(N2CC3CNCC3C2)n1. The lowest BCUT2D eigenvalue weighted by atomic mass is 10.0. The van der Waals surface area contributed by atoms with Crippen LogP contribution in [0.2, 0.25) is 0 Å². The Morgan fingerprint density at radius 2 is 1.80 bits per heavy atom. The number of hydrogen-bond donors (Lipinski definition) is 1. The maximum absolute atomic E-state index is 4.76. The molecular weight excluding hydrogens is 248 g/mol. The zero-order valence-electron chi connectivity index (χ0n) is 11.8. The molecule has 104 valence electrons. The quantitative estimate of drug-likeness (QED) is 0.902. The number of para-hydroxylation sites is 1. The van der Waals surface area contributed by atoms with Gasteiger partial charge in [0.1, 0.15) is 0 Å². The zero-order chi connectivity index (χ0) is 13.5. The molecule has 1 N–H and O–H groups in total. The minimum Gasteiger partial charge on any atom is -0.341 e. The van der Waals surface area contributed by atoms with Crippen LogP contribution in [-0.4, -0.2) is 35.7 Å². The third-order valence-electron chi connectivity index (χ3n) is 4.51. The van der Waals surface area contributed by atoms with E-state index in [-0.39, 0.29) is 0 Å². The molecule has 1 aromatic carbocycles. The largest absolute Gasteiger partial charge is 0.341 e. The molecule has 2 fully saturated rings. The summed E-state index contributed by atoms with van der Waals surface area (Å²) in [6, 6.07) is 10.5. The van der Waals surface area contributed by atoms with E-state index in [1.807, 2.05) is 0 Å². The lowest BCUT2D eigenvalue weighted by molar-refractivity contribution is 0.533. The Kier molecular flexibility index (Phi) is 2.77. The molecular formula is C16H20N4. The number of fused-ring (bicyclic) bond motifs is 1. The van der Waals surface area contributed by atoms with Gasteiger partial charge in [-0.2, -0.15) is 0 Å². The number of aryl methyl sites for hydroxylation is 1. The number of imidazole rings is 1. The van der Waals surface area contributed by atoms with Gasteiger partial charge in [0.25, 0.3) is 0 Å². The van der Waals surface area contributed by atoms with Gasteiger partial charge in [0.2, 0.25) is 5.95 Å². The Balaban J connectivity index is 1.69. The number of aromatic nitrogens is 2. The molecule has 0 radical (unpaired) electrons. The molecule has 0 amide bonds. The second kappa shape index (κ2) is 4.63. The normalized spacial score (nSPS) is 25.1. The van der Waals surface area contributed by atoms with Gasteiger partial charge in [-0.1, -0.05) is 18.2 Å². The Morgan fingerprint density at radius 3 is 2.50 bits per heavy atom. The van der Waals surface area contributed by atoms with Crippen molar-refractivity contribution in [1.29, 1.82) is 0 Å². The second-order valence-corrected chi connectivity index (χ2v) is 5.97.